The van der Waals surface area contributed by atoms with Crippen LogP contribution < -0.4 is 4.90 Å². The quantitative estimate of drug-likeness (QED) is 0.646. The summed E-state index contributed by atoms with van der Waals surface area (Å²) in [7, 11) is 0. The second-order valence-electron chi connectivity index (χ2n) is 5.82. The van der Waals surface area contributed by atoms with Crippen molar-refractivity contribution in [3.05, 3.63) is 60.2 Å². The van der Waals surface area contributed by atoms with Gasteiger partial charge in [-0.2, -0.15) is 4.37 Å². The van der Waals surface area contributed by atoms with Gasteiger partial charge in [0.05, 0.1) is 5.75 Å². The summed E-state index contributed by atoms with van der Waals surface area (Å²) < 4.78 is 5.23. The van der Waals surface area contributed by atoms with Crippen LogP contribution in [0.3, 0.4) is 0 Å². The highest BCUT2D eigenvalue weighted by Crippen LogP contribution is 2.29. The molecule has 2 heterocycles. The normalized spacial score (nSPS) is 13.5. The van der Waals surface area contributed by atoms with Crippen LogP contribution in [0, 0.1) is 0 Å². The van der Waals surface area contributed by atoms with E-state index in [1.807, 2.05) is 53.4 Å². The predicted octanol–water partition coefficient (Wildman–Crippen LogP) is 4.28. The molecular formula is C19H17N3OS2. The fourth-order valence-electron chi connectivity index (χ4n) is 2.97. The summed E-state index contributed by atoms with van der Waals surface area (Å²) in [6, 6.07) is 18.1. The minimum absolute atomic E-state index is 0.133. The van der Waals surface area contributed by atoms with Gasteiger partial charge in [0.15, 0.2) is 10.2 Å². The molecule has 0 spiro atoms. The van der Waals surface area contributed by atoms with Crippen LogP contribution in [-0.2, 0) is 11.2 Å². The maximum absolute atomic E-state index is 12.7. The van der Waals surface area contributed by atoms with Crippen LogP contribution in [0.1, 0.15) is 12.0 Å². The van der Waals surface area contributed by atoms with Crippen LogP contribution in [0.5, 0.6) is 0 Å². The fourth-order valence-corrected chi connectivity index (χ4v) is 4.46. The van der Waals surface area contributed by atoms with Crippen LogP contribution in [0.2, 0.25) is 0 Å². The van der Waals surface area contributed by atoms with Gasteiger partial charge in [-0.3, -0.25) is 4.79 Å². The molecule has 3 aromatic rings. The molecule has 0 fully saturated rings. The first-order valence-corrected chi connectivity index (χ1v) is 9.97. The van der Waals surface area contributed by atoms with Gasteiger partial charge in [0.2, 0.25) is 5.91 Å². The number of rotatable bonds is 4. The minimum Gasteiger partial charge on any atom is -0.311 e. The van der Waals surface area contributed by atoms with E-state index in [-0.39, 0.29) is 5.91 Å². The molecule has 0 N–H and O–H groups in total. The van der Waals surface area contributed by atoms with Crippen molar-refractivity contribution < 1.29 is 4.79 Å². The molecule has 0 saturated heterocycles. The summed E-state index contributed by atoms with van der Waals surface area (Å²) in [6.07, 6.45) is 2.06. The van der Waals surface area contributed by atoms with Crippen LogP contribution in [0.4, 0.5) is 5.69 Å². The maximum Gasteiger partial charge on any atom is 0.237 e. The molecule has 0 aliphatic carbocycles. The average molecular weight is 367 g/mol. The van der Waals surface area contributed by atoms with Gasteiger partial charge in [-0.1, -0.05) is 60.3 Å². The number of hydrogen-bond donors (Lipinski definition) is 0. The van der Waals surface area contributed by atoms with Gasteiger partial charge < -0.3 is 4.90 Å². The van der Waals surface area contributed by atoms with Crippen LogP contribution >= 0.6 is 23.3 Å². The lowest BCUT2D eigenvalue weighted by atomic mass is 10.0. The van der Waals surface area contributed by atoms with Crippen molar-refractivity contribution in [2.45, 2.75) is 17.2 Å². The maximum atomic E-state index is 12.7. The van der Waals surface area contributed by atoms with E-state index >= 15 is 0 Å². The van der Waals surface area contributed by atoms with Crippen LogP contribution in [-0.4, -0.2) is 27.6 Å². The lowest BCUT2D eigenvalue weighted by Crippen LogP contribution is -2.36. The van der Waals surface area contributed by atoms with E-state index in [1.165, 1.54) is 28.9 Å². The second-order valence-corrected chi connectivity index (χ2v) is 7.79. The Labute approximate surface area is 155 Å². The number of carbonyl (C=O) groups is 1. The number of para-hydroxylation sites is 1. The highest BCUT2D eigenvalue weighted by Gasteiger charge is 2.22. The minimum atomic E-state index is 0.133. The van der Waals surface area contributed by atoms with Crippen molar-refractivity contribution in [1.29, 1.82) is 0 Å². The Morgan fingerprint density at radius 1 is 1.12 bits per heavy atom. The molecule has 0 radical (unpaired) electrons. The van der Waals surface area contributed by atoms with E-state index in [0.29, 0.717) is 5.75 Å². The lowest BCUT2D eigenvalue weighted by Gasteiger charge is -2.29. The Morgan fingerprint density at radius 3 is 2.80 bits per heavy atom. The summed E-state index contributed by atoms with van der Waals surface area (Å²) in [4.78, 5) is 19.1. The second kappa shape index (κ2) is 7.37. The SMILES string of the molecule is O=C(CSc1nc(-c2ccccc2)ns1)N1CCCc2ccccc21. The molecule has 1 aliphatic rings. The number of amides is 1. The molecule has 25 heavy (non-hydrogen) atoms. The number of aryl methyl sites for hydroxylation is 1. The van der Waals surface area contributed by atoms with E-state index in [0.717, 1.165) is 40.8 Å². The largest absolute Gasteiger partial charge is 0.311 e. The average Bonchev–Trinajstić information content (AvgIpc) is 3.15. The van der Waals surface area contributed by atoms with Gasteiger partial charge in [-0.25, -0.2) is 4.98 Å². The van der Waals surface area contributed by atoms with E-state index in [2.05, 4.69) is 15.4 Å². The first-order chi connectivity index (χ1) is 12.3. The molecule has 126 valence electrons. The third kappa shape index (κ3) is 3.60. The molecule has 2 aromatic carbocycles. The molecule has 1 aliphatic heterocycles. The molecular weight excluding hydrogens is 350 g/mol. The summed E-state index contributed by atoms with van der Waals surface area (Å²) in [5, 5.41) is 0. The van der Waals surface area contributed by atoms with Crippen LogP contribution in [0.15, 0.2) is 58.9 Å². The Hall–Kier alpha value is -2.18. The smallest absolute Gasteiger partial charge is 0.237 e. The molecule has 4 nitrogen and oxygen atoms in total. The zero-order valence-electron chi connectivity index (χ0n) is 13.6. The fraction of sp³-hybridized carbons (Fsp3) is 0.211. The Kier molecular flexibility index (Phi) is 4.81. The van der Waals surface area contributed by atoms with Crippen molar-refractivity contribution >= 4 is 34.9 Å². The van der Waals surface area contributed by atoms with Crippen molar-refractivity contribution in [3.63, 3.8) is 0 Å². The van der Waals surface area contributed by atoms with Gasteiger partial charge in [0.25, 0.3) is 0 Å². The first kappa shape index (κ1) is 16.3. The number of aromatic nitrogens is 2. The summed E-state index contributed by atoms with van der Waals surface area (Å²) >= 11 is 2.82. The number of benzene rings is 2. The summed E-state index contributed by atoms with van der Waals surface area (Å²) in [6.45, 7) is 0.793. The number of fused-ring (bicyclic) bond motifs is 1. The molecule has 0 unspecified atom stereocenters. The van der Waals surface area contributed by atoms with Gasteiger partial charge >= 0.3 is 0 Å². The molecule has 4 rings (SSSR count). The molecule has 0 saturated carbocycles. The monoisotopic (exact) mass is 367 g/mol. The number of carbonyl (C=O) groups excluding carboxylic acids is 1. The predicted molar refractivity (Wildman–Crippen MR) is 103 cm³/mol. The van der Waals surface area contributed by atoms with Crippen molar-refractivity contribution in [2.24, 2.45) is 0 Å². The molecule has 1 amide bonds. The zero-order chi connectivity index (χ0) is 17.1. The first-order valence-electron chi connectivity index (χ1n) is 8.21. The van der Waals surface area contributed by atoms with Gasteiger partial charge in [0, 0.05) is 17.8 Å². The Morgan fingerprint density at radius 2 is 1.92 bits per heavy atom. The highest BCUT2D eigenvalue weighted by atomic mass is 32.2. The zero-order valence-corrected chi connectivity index (χ0v) is 15.2. The number of anilines is 1. The third-order valence-electron chi connectivity index (χ3n) is 4.17. The van der Waals surface area contributed by atoms with Crippen molar-refractivity contribution in [2.75, 3.05) is 17.2 Å². The topological polar surface area (TPSA) is 46.1 Å². The van der Waals surface area contributed by atoms with E-state index in [9.17, 15) is 4.79 Å². The molecule has 0 bridgehead atoms. The van der Waals surface area contributed by atoms with Gasteiger partial charge in [0.1, 0.15) is 0 Å². The summed E-state index contributed by atoms with van der Waals surface area (Å²) in [5.74, 6) is 1.25. The van der Waals surface area contributed by atoms with E-state index in [4.69, 9.17) is 0 Å². The molecule has 0 atom stereocenters. The van der Waals surface area contributed by atoms with Crippen molar-refractivity contribution in [3.8, 4) is 11.4 Å². The van der Waals surface area contributed by atoms with Gasteiger partial charge in [-0.05, 0) is 36.0 Å². The van der Waals surface area contributed by atoms with Gasteiger partial charge in [-0.15, -0.1) is 0 Å². The Bertz CT molecular complexity index is 879. The number of hydrogen-bond acceptors (Lipinski definition) is 5. The third-order valence-corrected chi connectivity index (χ3v) is 5.99. The van der Waals surface area contributed by atoms with Crippen molar-refractivity contribution in [1.82, 2.24) is 9.36 Å². The van der Waals surface area contributed by atoms with Crippen LogP contribution in [0.25, 0.3) is 11.4 Å². The molecule has 1 aromatic heterocycles. The number of nitrogens with zero attached hydrogens (tertiary/aromatic N) is 3. The highest BCUT2D eigenvalue weighted by molar-refractivity contribution is 8.01. The standard InChI is InChI=1S/C19H17N3OS2/c23-17(22-12-6-10-14-7-4-5-11-16(14)22)13-24-19-20-18(21-25-19)15-8-2-1-3-9-15/h1-5,7-9,11H,6,10,12-13H2. The van der Waals surface area contributed by atoms with E-state index in [1.54, 1.807) is 0 Å². The Balaban J connectivity index is 1.42. The molecule has 6 heteroatoms. The van der Waals surface area contributed by atoms with E-state index < -0.39 is 0 Å². The lowest BCUT2D eigenvalue weighted by molar-refractivity contribution is -0.116. The number of thioether (sulfide) groups is 1. The summed E-state index contributed by atoms with van der Waals surface area (Å²) in [5.41, 5.74) is 3.32.